The Bertz CT molecular complexity index is 567. The van der Waals surface area contributed by atoms with Crippen LogP contribution < -0.4 is 5.73 Å². The molecule has 1 amide bonds. The number of carbonyl (C=O) groups is 1. The quantitative estimate of drug-likeness (QED) is 0.858. The summed E-state index contributed by atoms with van der Waals surface area (Å²) in [7, 11) is 0. The van der Waals surface area contributed by atoms with Crippen LogP contribution >= 0.6 is 11.6 Å². The number of hydrogen-bond donors (Lipinski definition) is 1. The van der Waals surface area contributed by atoms with Gasteiger partial charge in [-0.25, -0.2) is 14.8 Å². The van der Waals surface area contributed by atoms with Crippen molar-refractivity contribution in [3.8, 4) is 0 Å². The third-order valence-electron chi connectivity index (χ3n) is 2.45. The van der Waals surface area contributed by atoms with Gasteiger partial charge in [0.25, 0.3) is 0 Å². The first-order chi connectivity index (χ1) is 8.59. The van der Waals surface area contributed by atoms with Gasteiger partial charge in [0, 0.05) is 6.20 Å². The van der Waals surface area contributed by atoms with E-state index in [2.05, 4.69) is 9.97 Å². The first kappa shape index (κ1) is 12.6. The summed E-state index contributed by atoms with van der Waals surface area (Å²) in [5.41, 5.74) is 6.39. The number of nitrogens with two attached hydrogens (primary N) is 1. The zero-order chi connectivity index (χ0) is 13.1. The summed E-state index contributed by atoms with van der Waals surface area (Å²) in [5, 5.41) is -0.257. The molecule has 2 N–H and O–H groups in total. The lowest BCUT2D eigenvalue weighted by Gasteiger charge is -2.09. The summed E-state index contributed by atoms with van der Waals surface area (Å²) in [6.07, 6.45) is 0.880. The number of amides is 1. The van der Waals surface area contributed by atoms with E-state index in [1.165, 1.54) is 0 Å². The summed E-state index contributed by atoms with van der Waals surface area (Å²) in [4.78, 5) is 19.2. The molecule has 2 aromatic rings. The molecule has 1 atom stereocenters. The van der Waals surface area contributed by atoms with Gasteiger partial charge in [0.05, 0.1) is 11.9 Å². The van der Waals surface area contributed by atoms with Gasteiger partial charge >= 0.3 is 6.09 Å². The van der Waals surface area contributed by atoms with Crippen LogP contribution in [0.2, 0.25) is 0 Å². The van der Waals surface area contributed by atoms with Crippen LogP contribution in [0.25, 0.3) is 11.2 Å². The van der Waals surface area contributed by atoms with Crippen LogP contribution in [0.15, 0.2) is 18.3 Å². The molecule has 1 unspecified atom stereocenters. The zero-order valence-corrected chi connectivity index (χ0v) is 10.6. The van der Waals surface area contributed by atoms with E-state index in [9.17, 15) is 4.79 Å². The molecule has 6 nitrogen and oxygen atoms in total. The molecular weight excluding hydrogens is 256 g/mol. The maximum atomic E-state index is 10.5. The van der Waals surface area contributed by atoms with Crippen LogP contribution in [-0.4, -0.2) is 27.2 Å². The molecule has 18 heavy (non-hydrogen) atoms. The first-order valence-corrected chi connectivity index (χ1v) is 5.90. The van der Waals surface area contributed by atoms with Crippen LogP contribution in [-0.2, 0) is 11.3 Å². The number of rotatable bonds is 4. The van der Waals surface area contributed by atoms with Crippen LogP contribution in [0.1, 0.15) is 18.1 Å². The van der Waals surface area contributed by atoms with Crippen LogP contribution in [0.4, 0.5) is 4.79 Å². The maximum Gasteiger partial charge on any atom is 0.404 e. The molecule has 0 spiro atoms. The smallest absolute Gasteiger partial charge is 0.404 e. The minimum atomic E-state index is -0.798. The van der Waals surface area contributed by atoms with Gasteiger partial charge in [-0.2, -0.15) is 0 Å². The number of nitrogens with zero attached hydrogens (tertiary/aromatic N) is 3. The molecule has 0 aromatic carbocycles. The van der Waals surface area contributed by atoms with Crippen molar-refractivity contribution >= 4 is 28.9 Å². The molecular formula is C11H13ClN4O2. The van der Waals surface area contributed by atoms with E-state index in [-0.39, 0.29) is 12.0 Å². The molecule has 96 valence electrons. The Balaban J connectivity index is 2.33. The molecule has 0 aliphatic heterocycles. The van der Waals surface area contributed by atoms with Gasteiger partial charge in [-0.05, 0) is 19.1 Å². The van der Waals surface area contributed by atoms with E-state index in [1.807, 2.05) is 23.6 Å². The maximum absolute atomic E-state index is 10.5. The first-order valence-electron chi connectivity index (χ1n) is 5.47. The van der Waals surface area contributed by atoms with Gasteiger partial charge in [-0.15, -0.1) is 11.6 Å². The molecule has 0 aliphatic rings. The molecule has 0 bridgehead atoms. The third kappa shape index (κ3) is 2.53. The predicted octanol–water partition coefficient (Wildman–Crippen LogP) is 1.83. The second-order valence-electron chi connectivity index (χ2n) is 3.75. The zero-order valence-electron chi connectivity index (χ0n) is 9.84. The number of ether oxygens (including phenoxy) is 1. The molecule has 0 saturated carbocycles. The number of halogens is 1. The van der Waals surface area contributed by atoms with Crippen molar-refractivity contribution in [1.82, 2.24) is 14.5 Å². The number of fused-ring (bicyclic) bond motifs is 1. The highest BCUT2D eigenvalue weighted by molar-refractivity contribution is 6.20. The Hall–Kier alpha value is -1.82. The van der Waals surface area contributed by atoms with E-state index in [0.29, 0.717) is 18.0 Å². The summed E-state index contributed by atoms with van der Waals surface area (Å²) in [5.74, 6) is 0.693. The van der Waals surface area contributed by atoms with Gasteiger partial charge in [0.15, 0.2) is 5.65 Å². The SMILES string of the molecule is CC(Cl)c1nc2cccnc2n1CCOC(N)=O. The summed E-state index contributed by atoms with van der Waals surface area (Å²) in [6, 6.07) is 3.67. The number of alkyl halides is 1. The van der Waals surface area contributed by atoms with Crippen molar-refractivity contribution in [1.29, 1.82) is 0 Å². The van der Waals surface area contributed by atoms with E-state index in [4.69, 9.17) is 22.1 Å². The normalized spacial score (nSPS) is 12.6. The molecule has 2 aromatic heterocycles. The van der Waals surface area contributed by atoms with Crippen LogP contribution in [0.3, 0.4) is 0 Å². The van der Waals surface area contributed by atoms with E-state index < -0.39 is 6.09 Å². The average molecular weight is 269 g/mol. The van der Waals surface area contributed by atoms with Gasteiger partial charge in [-0.3, -0.25) is 0 Å². The molecule has 2 rings (SSSR count). The van der Waals surface area contributed by atoms with Crippen molar-refractivity contribution in [3.63, 3.8) is 0 Å². The third-order valence-corrected chi connectivity index (χ3v) is 2.64. The fourth-order valence-corrected chi connectivity index (χ4v) is 1.90. The van der Waals surface area contributed by atoms with Gasteiger partial charge < -0.3 is 15.0 Å². The van der Waals surface area contributed by atoms with Crippen LogP contribution in [0, 0.1) is 0 Å². The summed E-state index contributed by atoms with van der Waals surface area (Å²) >= 11 is 6.08. The Morgan fingerprint density at radius 3 is 3.11 bits per heavy atom. The number of hydrogen-bond acceptors (Lipinski definition) is 4. The highest BCUT2D eigenvalue weighted by atomic mass is 35.5. The second kappa shape index (κ2) is 5.22. The van der Waals surface area contributed by atoms with Crippen molar-refractivity contribution in [2.24, 2.45) is 5.73 Å². The van der Waals surface area contributed by atoms with Crippen molar-refractivity contribution in [2.45, 2.75) is 18.8 Å². The molecule has 2 heterocycles. The second-order valence-corrected chi connectivity index (χ2v) is 4.41. The predicted molar refractivity (Wildman–Crippen MR) is 67.3 cm³/mol. The molecule has 0 saturated heterocycles. The van der Waals surface area contributed by atoms with Crippen molar-refractivity contribution < 1.29 is 9.53 Å². The standard InChI is InChI=1S/C11H13ClN4O2/c1-7(12)9-15-8-3-2-4-14-10(8)16(9)5-6-18-11(13)17/h2-4,7H,5-6H2,1H3,(H2,13,17). The highest BCUT2D eigenvalue weighted by Crippen LogP contribution is 2.22. The number of aromatic nitrogens is 3. The lowest BCUT2D eigenvalue weighted by molar-refractivity contribution is 0.152. The summed E-state index contributed by atoms with van der Waals surface area (Å²) < 4.78 is 6.55. The van der Waals surface area contributed by atoms with Gasteiger partial charge in [0.2, 0.25) is 0 Å². The Morgan fingerprint density at radius 2 is 2.44 bits per heavy atom. The van der Waals surface area contributed by atoms with Crippen LogP contribution in [0.5, 0.6) is 0 Å². The lowest BCUT2D eigenvalue weighted by atomic mass is 10.4. The Kier molecular flexibility index (Phi) is 3.66. The fraction of sp³-hybridized carbons (Fsp3) is 0.364. The van der Waals surface area contributed by atoms with Gasteiger partial charge in [-0.1, -0.05) is 0 Å². The number of pyridine rings is 1. The Labute approximate surface area is 109 Å². The number of primary amides is 1. The average Bonchev–Trinajstić information content (AvgIpc) is 2.68. The summed E-state index contributed by atoms with van der Waals surface area (Å²) in [6.45, 7) is 2.41. The molecule has 0 aliphatic carbocycles. The van der Waals surface area contributed by atoms with E-state index in [1.54, 1.807) is 6.20 Å². The van der Waals surface area contributed by atoms with Crippen molar-refractivity contribution in [2.75, 3.05) is 6.61 Å². The minimum Gasteiger partial charge on any atom is -0.448 e. The number of imidazole rings is 1. The Morgan fingerprint density at radius 1 is 1.67 bits per heavy atom. The molecule has 0 fully saturated rings. The number of carbonyl (C=O) groups excluding carboxylic acids is 1. The topological polar surface area (TPSA) is 83.0 Å². The highest BCUT2D eigenvalue weighted by Gasteiger charge is 2.15. The molecule has 0 radical (unpaired) electrons. The lowest BCUT2D eigenvalue weighted by Crippen LogP contribution is -2.17. The van der Waals surface area contributed by atoms with E-state index in [0.717, 1.165) is 5.52 Å². The fourth-order valence-electron chi connectivity index (χ4n) is 1.74. The van der Waals surface area contributed by atoms with Crippen molar-refractivity contribution in [3.05, 3.63) is 24.2 Å². The molecule has 7 heteroatoms. The monoisotopic (exact) mass is 268 g/mol. The van der Waals surface area contributed by atoms with E-state index >= 15 is 0 Å². The largest absolute Gasteiger partial charge is 0.448 e. The minimum absolute atomic E-state index is 0.161. The van der Waals surface area contributed by atoms with Gasteiger partial charge in [0.1, 0.15) is 17.9 Å².